The van der Waals surface area contributed by atoms with E-state index in [4.69, 9.17) is 4.74 Å². The molecule has 21 heavy (non-hydrogen) atoms. The highest BCUT2D eigenvalue weighted by atomic mass is 19.1. The molecule has 0 radical (unpaired) electrons. The van der Waals surface area contributed by atoms with E-state index in [-0.39, 0.29) is 17.3 Å². The molecule has 1 fully saturated rings. The fraction of sp³-hybridized carbons (Fsp3) is 0.562. The maximum atomic E-state index is 13.3. The van der Waals surface area contributed by atoms with Gasteiger partial charge in [-0.25, -0.2) is 4.39 Å². The van der Waals surface area contributed by atoms with Crippen LogP contribution in [0.4, 0.5) is 4.39 Å². The molecule has 1 aromatic carbocycles. The van der Waals surface area contributed by atoms with Crippen molar-refractivity contribution in [3.05, 3.63) is 29.6 Å². The van der Waals surface area contributed by atoms with Gasteiger partial charge in [-0.2, -0.15) is 0 Å². The van der Waals surface area contributed by atoms with Gasteiger partial charge in [0, 0.05) is 30.6 Å². The Morgan fingerprint density at radius 3 is 2.57 bits per heavy atom. The Labute approximate surface area is 124 Å². The predicted molar refractivity (Wildman–Crippen MR) is 78.1 cm³/mol. The molecule has 4 nitrogen and oxygen atoms in total. The molecule has 0 aromatic heterocycles. The molecule has 1 aliphatic rings. The van der Waals surface area contributed by atoms with Gasteiger partial charge in [0.05, 0.1) is 13.0 Å². The average Bonchev–Trinajstić information content (AvgIpc) is 2.83. The zero-order valence-electron chi connectivity index (χ0n) is 12.9. The van der Waals surface area contributed by atoms with Crippen molar-refractivity contribution in [2.24, 2.45) is 5.92 Å². The van der Waals surface area contributed by atoms with Gasteiger partial charge in [-0.15, -0.1) is 0 Å². The highest BCUT2D eigenvalue weighted by molar-refractivity contribution is 5.72. The molecule has 1 saturated heterocycles. The summed E-state index contributed by atoms with van der Waals surface area (Å²) in [5.74, 6) is -1.49. The lowest BCUT2D eigenvalue weighted by Crippen LogP contribution is -2.40. The van der Waals surface area contributed by atoms with Crippen molar-refractivity contribution < 1.29 is 19.0 Å². The van der Waals surface area contributed by atoms with Crippen LogP contribution in [-0.4, -0.2) is 41.7 Å². The van der Waals surface area contributed by atoms with Crippen LogP contribution in [0.2, 0.25) is 0 Å². The third-order valence-corrected chi connectivity index (χ3v) is 4.18. The maximum absolute atomic E-state index is 13.3. The molecular formula is C16H22FNO3. The standard InChI is InChI=1S/C16H22FNO3/c1-16(2,3)18-8-12(13(9-18)15(19)20)11-6-5-10(17)7-14(11)21-4/h5-7,12-13H,8-9H2,1-4H3,(H,19,20)/t12-,13+/m0/s1. The second-order valence-corrected chi connectivity index (χ2v) is 6.51. The van der Waals surface area contributed by atoms with Gasteiger partial charge in [0.25, 0.3) is 0 Å². The van der Waals surface area contributed by atoms with E-state index in [1.807, 2.05) is 0 Å². The first-order chi connectivity index (χ1) is 9.74. The number of rotatable bonds is 3. The molecule has 2 rings (SSSR count). The molecule has 1 N–H and O–H groups in total. The maximum Gasteiger partial charge on any atom is 0.308 e. The number of nitrogens with zero attached hydrogens (tertiary/aromatic N) is 1. The predicted octanol–water partition coefficient (Wildman–Crippen LogP) is 2.73. The van der Waals surface area contributed by atoms with Crippen LogP contribution in [0, 0.1) is 11.7 Å². The van der Waals surface area contributed by atoms with Crippen molar-refractivity contribution in [3.8, 4) is 5.75 Å². The fourth-order valence-electron chi connectivity index (χ4n) is 2.91. The van der Waals surface area contributed by atoms with Crippen LogP contribution in [0.25, 0.3) is 0 Å². The molecule has 116 valence electrons. The van der Waals surface area contributed by atoms with Crippen LogP contribution in [0.3, 0.4) is 0 Å². The van der Waals surface area contributed by atoms with E-state index in [9.17, 15) is 14.3 Å². The van der Waals surface area contributed by atoms with Gasteiger partial charge in [-0.05, 0) is 32.4 Å². The minimum atomic E-state index is -0.821. The molecule has 1 aliphatic heterocycles. The Morgan fingerprint density at radius 2 is 2.05 bits per heavy atom. The summed E-state index contributed by atoms with van der Waals surface area (Å²) in [7, 11) is 1.48. The topological polar surface area (TPSA) is 49.8 Å². The first-order valence-corrected chi connectivity index (χ1v) is 7.05. The summed E-state index contributed by atoms with van der Waals surface area (Å²) in [6.45, 7) is 7.31. The summed E-state index contributed by atoms with van der Waals surface area (Å²) >= 11 is 0. The number of aliphatic carboxylic acids is 1. The summed E-state index contributed by atoms with van der Waals surface area (Å²) in [5.41, 5.74) is 0.661. The van der Waals surface area contributed by atoms with Gasteiger partial charge in [-0.1, -0.05) is 6.07 Å². The van der Waals surface area contributed by atoms with E-state index < -0.39 is 11.9 Å². The molecule has 0 amide bonds. The number of hydrogen-bond donors (Lipinski definition) is 1. The van der Waals surface area contributed by atoms with Crippen LogP contribution in [-0.2, 0) is 4.79 Å². The summed E-state index contributed by atoms with van der Waals surface area (Å²) in [6.07, 6.45) is 0. The van der Waals surface area contributed by atoms with Gasteiger partial charge in [0.1, 0.15) is 11.6 Å². The number of methoxy groups -OCH3 is 1. The van der Waals surface area contributed by atoms with Gasteiger partial charge >= 0.3 is 5.97 Å². The van der Waals surface area contributed by atoms with Crippen molar-refractivity contribution in [1.29, 1.82) is 0 Å². The van der Waals surface area contributed by atoms with E-state index in [1.165, 1.54) is 19.2 Å². The number of halogens is 1. The minimum Gasteiger partial charge on any atom is -0.496 e. The molecule has 0 saturated carbocycles. The lowest BCUT2D eigenvalue weighted by Gasteiger charge is -2.31. The second kappa shape index (κ2) is 5.64. The Balaban J connectivity index is 2.39. The van der Waals surface area contributed by atoms with Crippen LogP contribution in [0.1, 0.15) is 32.3 Å². The van der Waals surface area contributed by atoms with E-state index >= 15 is 0 Å². The summed E-state index contributed by atoms with van der Waals surface area (Å²) < 4.78 is 18.6. The van der Waals surface area contributed by atoms with Crippen LogP contribution < -0.4 is 4.74 Å². The molecule has 0 unspecified atom stereocenters. The van der Waals surface area contributed by atoms with E-state index in [1.54, 1.807) is 6.07 Å². The number of carboxylic acid groups (broad SMARTS) is 1. The number of benzene rings is 1. The molecule has 0 spiro atoms. The monoisotopic (exact) mass is 295 g/mol. The number of likely N-dealkylation sites (tertiary alicyclic amines) is 1. The summed E-state index contributed by atoms with van der Waals surface area (Å²) in [6, 6.07) is 4.31. The zero-order valence-corrected chi connectivity index (χ0v) is 12.9. The third kappa shape index (κ3) is 3.18. The van der Waals surface area contributed by atoms with E-state index in [2.05, 4.69) is 25.7 Å². The van der Waals surface area contributed by atoms with Gasteiger partial charge < -0.3 is 9.84 Å². The van der Waals surface area contributed by atoms with Crippen molar-refractivity contribution in [2.75, 3.05) is 20.2 Å². The van der Waals surface area contributed by atoms with Gasteiger partial charge in [0.15, 0.2) is 0 Å². The van der Waals surface area contributed by atoms with Crippen molar-refractivity contribution >= 4 is 5.97 Å². The Bertz CT molecular complexity index is 539. The van der Waals surface area contributed by atoms with Crippen LogP contribution in [0.5, 0.6) is 5.75 Å². The highest BCUT2D eigenvalue weighted by Gasteiger charge is 2.43. The fourth-order valence-corrected chi connectivity index (χ4v) is 2.91. The lowest BCUT2D eigenvalue weighted by molar-refractivity contribution is -0.141. The van der Waals surface area contributed by atoms with Gasteiger partial charge in [0.2, 0.25) is 0 Å². The number of ether oxygens (including phenoxy) is 1. The van der Waals surface area contributed by atoms with E-state index in [0.29, 0.717) is 18.8 Å². The molecule has 2 atom stereocenters. The molecule has 0 aliphatic carbocycles. The van der Waals surface area contributed by atoms with Crippen LogP contribution in [0.15, 0.2) is 18.2 Å². The highest BCUT2D eigenvalue weighted by Crippen LogP contribution is 2.40. The quantitative estimate of drug-likeness (QED) is 0.931. The first kappa shape index (κ1) is 15.8. The Morgan fingerprint density at radius 1 is 1.38 bits per heavy atom. The molecular weight excluding hydrogens is 273 g/mol. The van der Waals surface area contributed by atoms with E-state index in [0.717, 1.165) is 5.56 Å². The van der Waals surface area contributed by atoms with Gasteiger partial charge in [-0.3, -0.25) is 9.69 Å². The number of carboxylic acids is 1. The van der Waals surface area contributed by atoms with Crippen molar-refractivity contribution in [1.82, 2.24) is 4.90 Å². The number of carbonyl (C=O) groups is 1. The number of hydrogen-bond acceptors (Lipinski definition) is 3. The third-order valence-electron chi connectivity index (χ3n) is 4.18. The summed E-state index contributed by atoms with van der Waals surface area (Å²) in [4.78, 5) is 13.7. The molecule has 1 aromatic rings. The molecule has 5 heteroatoms. The lowest BCUT2D eigenvalue weighted by atomic mass is 9.88. The minimum absolute atomic E-state index is 0.101. The SMILES string of the molecule is COc1cc(F)ccc1[C@@H]1CN(C(C)(C)C)C[C@H]1C(=O)O. The largest absolute Gasteiger partial charge is 0.496 e. The first-order valence-electron chi connectivity index (χ1n) is 7.05. The summed E-state index contributed by atoms with van der Waals surface area (Å²) in [5, 5.41) is 9.51. The Kier molecular flexibility index (Phi) is 4.23. The van der Waals surface area contributed by atoms with Crippen molar-refractivity contribution in [3.63, 3.8) is 0 Å². The average molecular weight is 295 g/mol. The Hall–Kier alpha value is -1.62. The zero-order chi connectivity index (χ0) is 15.8. The normalized spacial score (nSPS) is 23.3. The second-order valence-electron chi connectivity index (χ2n) is 6.51. The molecule has 0 bridgehead atoms. The van der Waals surface area contributed by atoms with Crippen LogP contribution >= 0.6 is 0 Å². The smallest absolute Gasteiger partial charge is 0.308 e. The molecule has 1 heterocycles. The van der Waals surface area contributed by atoms with Crippen molar-refractivity contribution in [2.45, 2.75) is 32.2 Å².